The first-order valence-electron chi connectivity index (χ1n) is 7.91. The van der Waals surface area contributed by atoms with Crippen molar-refractivity contribution in [3.8, 4) is 0 Å². The molecule has 0 saturated carbocycles. The summed E-state index contributed by atoms with van der Waals surface area (Å²) in [6.07, 6.45) is 0. The molecule has 0 spiro atoms. The Bertz CT molecular complexity index is 634. The van der Waals surface area contributed by atoms with E-state index in [2.05, 4.69) is 10.6 Å². The van der Waals surface area contributed by atoms with Crippen molar-refractivity contribution in [2.45, 2.75) is 33.2 Å². The van der Waals surface area contributed by atoms with Gasteiger partial charge in [0, 0.05) is 24.8 Å². The molecule has 1 aromatic carbocycles. The number of ether oxygens (including phenoxy) is 1. The summed E-state index contributed by atoms with van der Waals surface area (Å²) in [5, 5.41) is 14.5. The fourth-order valence-electron chi connectivity index (χ4n) is 1.98. The first kappa shape index (κ1) is 20.6. The third-order valence-electron chi connectivity index (χ3n) is 3.48. The van der Waals surface area contributed by atoms with Crippen LogP contribution in [0.1, 0.15) is 48.4 Å². The number of hydrogen-bond donors (Lipinski definition) is 3. The van der Waals surface area contributed by atoms with Crippen molar-refractivity contribution in [3.05, 3.63) is 35.4 Å². The van der Waals surface area contributed by atoms with Gasteiger partial charge in [-0.1, -0.05) is 20.8 Å². The van der Waals surface area contributed by atoms with Crippen molar-refractivity contribution in [3.63, 3.8) is 0 Å². The van der Waals surface area contributed by atoms with E-state index in [4.69, 9.17) is 4.74 Å². The Morgan fingerprint density at radius 1 is 1.00 bits per heavy atom. The predicted octanol–water partition coefficient (Wildman–Crippen LogP) is 1.68. The summed E-state index contributed by atoms with van der Waals surface area (Å²) in [7, 11) is 1.36. The summed E-state index contributed by atoms with van der Waals surface area (Å²) in [4.78, 5) is 35.6. The van der Waals surface area contributed by atoms with E-state index in [1.54, 1.807) is 0 Å². The molecule has 7 heteroatoms. The first-order chi connectivity index (χ1) is 11.5. The SMILES string of the molecule is COCC(C)(NC(=O)c1ccc(C(=O)NCC(C)(C)C)cc1)C(=O)O. The monoisotopic (exact) mass is 350 g/mol. The zero-order valence-corrected chi connectivity index (χ0v) is 15.3. The predicted molar refractivity (Wildman–Crippen MR) is 93.6 cm³/mol. The third-order valence-corrected chi connectivity index (χ3v) is 3.48. The quantitative estimate of drug-likeness (QED) is 0.694. The van der Waals surface area contributed by atoms with Gasteiger partial charge < -0.3 is 20.5 Å². The molecule has 1 unspecified atom stereocenters. The van der Waals surface area contributed by atoms with Crippen molar-refractivity contribution in [2.75, 3.05) is 20.3 Å². The molecule has 1 aromatic rings. The standard InChI is InChI=1S/C18H26N2O5/c1-17(2,3)10-19-14(21)12-6-8-13(9-7-12)15(22)20-18(4,11-25-5)16(23)24/h6-9H,10-11H2,1-5H3,(H,19,21)(H,20,22)(H,23,24). The lowest BCUT2D eigenvalue weighted by atomic mass is 9.97. The van der Waals surface area contributed by atoms with Gasteiger partial charge in [-0.15, -0.1) is 0 Å². The summed E-state index contributed by atoms with van der Waals surface area (Å²) < 4.78 is 4.86. The summed E-state index contributed by atoms with van der Waals surface area (Å²) >= 11 is 0. The molecule has 138 valence electrons. The van der Waals surface area contributed by atoms with Gasteiger partial charge >= 0.3 is 5.97 Å². The van der Waals surface area contributed by atoms with Crippen LogP contribution in [0.2, 0.25) is 0 Å². The van der Waals surface area contributed by atoms with Crippen LogP contribution in [0.4, 0.5) is 0 Å². The molecule has 0 heterocycles. The van der Waals surface area contributed by atoms with Crippen LogP contribution in [-0.4, -0.2) is 48.7 Å². The maximum absolute atomic E-state index is 12.2. The molecule has 0 aromatic heterocycles. The number of aliphatic carboxylic acids is 1. The third kappa shape index (κ3) is 6.19. The Balaban J connectivity index is 2.80. The van der Waals surface area contributed by atoms with Gasteiger partial charge in [-0.05, 0) is 36.6 Å². The van der Waals surface area contributed by atoms with Crippen LogP contribution in [0, 0.1) is 5.41 Å². The normalized spacial score (nSPS) is 13.6. The lowest BCUT2D eigenvalue weighted by molar-refractivity contribution is -0.145. The van der Waals surface area contributed by atoms with Crippen molar-refractivity contribution in [1.29, 1.82) is 0 Å². The second-order valence-electron chi connectivity index (χ2n) is 7.35. The number of nitrogens with one attached hydrogen (secondary N) is 2. The lowest BCUT2D eigenvalue weighted by Crippen LogP contribution is -2.55. The summed E-state index contributed by atoms with van der Waals surface area (Å²) in [6.45, 7) is 7.77. The van der Waals surface area contributed by atoms with Gasteiger partial charge in [-0.25, -0.2) is 4.79 Å². The molecule has 0 aliphatic carbocycles. The highest BCUT2D eigenvalue weighted by atomic mass is 16.5. The first-order valence-corrected chi connectivity index (χ1v) is 7.91. The molecule has 0 aliphatic heterocycles. The van der Waals surface area contributed by atoms with E-state index in [0.29, 0.717) is 12.1 Å². The minimum Gasteiger partial charge on any atom is -0.479 e. The Morgan fingerprint density at radius 3 is 1.88 bits per heavy atom. The van der Waals surface area contributed by atoms with Crippen LogP contribution in [0.3, 0.4) is 0 Å². The second kappa shape index (κ2) is 8.11. The van der Waals surface area contributed by atoms with Gasteiger partial charge in [0.25, 0.3) is 11.8 Å². The second-order valence-corrected chi connectivity index (χ2v) is 7.35. The zero-order valence-electron chi connectivity index (χ0n) is 15.3. The highest BCUT2D eigenvalue weighted by Crippen LogP contribution is 2.12. The van der Waals surface area contributed by atoms with Gasteiger partial charge in [0.05, 0.1) is 6.61 Å². The minimum absolute atomic E-state index is 0.0296. The highest BCUT2D eigenvalue weighted by Gasteiger charge is 2.35. The van der Waals surface area contributed by atoms with Crippen LogP contribution < -0.4 is 10.6 Å². The number of benzene rings is 1. The van der Waals surface area contributed by atoms with Crippen LogP contribution in [0.15, 0.2) is 24.3 Å². The number of carbonyl (C=O) groups is 3. The topological polar surface area (TPSA) is 105 Å². The van der Waals surface area contributed by atoms with E-state index in [1.807, 2.05) is 20.8 Å². The molecule has 2 amide bonds. The zero-order chi connectivity index (χ0) is 19.3. The Labute approximate surface area is 147 Å². The van der Waals surface area contributed by atoms with Gasteiger partial charge in [0.15, 0.2) is 5.54 Å². The molecule has 0 saturated heterocycles. The molecule has 7 nitrogen and oxygen atoms in total. The summed E-state index contributed by atoms with van der Waals surface area (Å²) in [6, 6.07) is 6.02. The van der Waals surface area contributed by atoms with E-state index in [9.17, 15) is 19.5 Å². The number of amides is 2. The maximum atomic E-state index is 12.2. The van der Waals surface area contributed by atoms with Crippen LogP contribution in [0.25, 0.3) is 0 Å². The molecule has 1 rings (SSSR count). The van der Waals surface area contributed by atoms with Crippen molar-refractivity contribution >= 4 is 17.8 Å². The molecule has 0 bridgehead atoms. The minimum atomic E-state index is -1.53. The number of carbonyl (C=O) groups excluding carboxylic acids is 2. The number of methoxy groups -OCH3 is 1. The van der Waals surface area contributed by atoms with Crippen molar-refractivity contribution in [2.24, 2.45) is 5.41 Å². The number of rotatable bonds is 7. The van der Waals surface area contributed by atoms with Gasteiger partial charge in [-0.2, -0.15) is 0 Å². The number of carboxylic acid groups (broad SMARTS) is 1. The Morgan fingerprint density at radius 2 is 1.48 bits per heavy atom. The molecule has 0 fully saturated rings. The van der Waals surface area contributed by atoms with Crippen molar-refractivity contribution < 1.29 is 24.2 Å². The molecule has 0 radical (unpaired) electrons. The summed E-state index contributed by atoms with van der Waals surface area (Å²) in [5.74, 6) is -1.97. The highest BCUT2D eigenvalue weighted by molar-refractivity contribution is 5.99. The average Bonchev–Trinajstić information content (AvgIpc) is 2.52. The fraction of sp³-hybridized carbons (Fsp3) is 0.500. The van der Waals surface area contributed by atoms with Crippen LogP contribution in [0.5, 0.6) is 0 Å². The molecule has 3 N–H and O–H groups in total. The lowest BCUT2D eigenvalue weighted by Gasteiger charge is -2.25. The van der Waals surface area contributed by atoms with Crippen molar-refractivity contribution in [1.82, 2.24) is 10.6 Å². The Hall–Kier alpha value is -2.41. The van der Waals surface area contributed by atoms with Gasteiger partial charge in [0.1, 0.15) is 0 Å². The molecule has 25 heavy (non-hydrogen) atoms. The molecule has 1 atom stereocenters. The average molecular weight is 350 g/mol. The number of hydrogen-bond acceptors (Lipinski definition) is 4. The summed E-state index contributed by atoms with van der Waals surface area (Å²) in [5.41, 5.74) is -0.873. The van der Waals surface area contributed by atoms with Gasteiger partial charge in [0.2, 0.25) is 0 Å². The molecular formula is C18H26N2O5. The van der Waals surface area contributed by atoms with Crippen LogP contribution >= 0.6 is 0 Å². The maximum Gasteiger partial charge on any atom is 0.331 e. The molecule has 0 aliphatic rings. The van der Waals surface area contributed by atoms with E-state index in [-0.39, 0.29) is 23.5 Å². The van der Waals surface area contributed by atoms with E-state index < -0.39 is 17.4 Å². The smallest absolute Gasteiger partial charge is 0.331 e. The largest absolute Gasteiger partial charge is 0.479 e. The molecular weight excluding hydrogens is 324 g/mol. The number of carboxylic acids is 1. The fourth-order valence-corrected chi connectivity index (χ4v) is 1.98. The van der Waals surface area contributed by atoms with Crippen LogP contribution in [-0.2, 0) is 9.53 Å². The van der Waals surface area contributed by atoms with Gasteiger partial charge in [-0.3, -0.25) is 9.59 Å². The van der Waals surface area contributed by atoms with E-state index >= 15 is 0 Å². The van der Waals surface area contributed by atoms with E-state index in [1.165, 1.54) is 38.3 Å². The Kier molecular flexibility index (Phi) is 6.70. The van der Waals surface area contributed by atoms with E-state index in [0.717, 1.165) is 0 Å².